The Balaban J connectivity index is 0.576. The number of hydrogen-bond donors (Lipinski definition) is 0. The average Bonchev–Trinajstić information content (AvgIpc) is 1.58. The van der Waals surface area contributed by atoms with Crippen LogP contribution in [0.2, 0.25) is 0 Å². The normalized spacial score (nSPS) is 12.2. The first-order chi connectivity index (χ1) is 53.8. The third-order valence-electron chi connectivity index (χ3n) is 22.5. The minimum atomic E-state index is -0.267. The summed E-state index contributed by atoms with van der Waals surface area (Å²) >= 11 is 0. The molecule has 1 aliphatic rings. The van der Waals surface area contributed by atoms with E-state index in [1.165, 1.54) is 110 Å². The van der Waals surface area contributed by atoms with Crippen molar-refractivity contribution >= 4 is 77.7 Å². The van der Waals surface area contributed by atoms with E-state index < -0.39 is 0 Å². The summed E-state index contributed by atoms with van der Waals surface area (Å²) in [7, 11) is 0. The molecule has 20 rings (SSSR count). The van der Waals surface area contributed by atoms with Crippen LogP contribution in [-0.2, 0) is 5.41 Å². The molecule has 2 heterocycles. The fourth-order valence-electron chi connectivity index (χ4n) is 17.0. The van der Waals surface area contributed by atoms with Crippen molar-refractivity contribution in [1.82, 2.24) is 9.13 Å². The molecule has 0 amide bonds. The second kappa shape index (κ2) is 26.8. The van der Waals surface area contributed by atoms with Crippen LogP contribution in [0.3, 0.4) is 0 Å². The second-order valence-corrected chi connectivity index (χ2v) is 29.3. The van der Waals surface area contributed by atoms with E-state index in [1.54, 1.807) is 0 Å². The van der Waals surface area contributed by atoms with Crippen molar-refractivity contribution in [1.29, 1.82) is 0 Å². The van der Waals surface area contributed by atoms with Crippen LogP contribution in [0, 0.1) is 0 Å². The van der Waals surface area contributed by atoms with Crippen molar-refractivity contribution in [2.24, 2.45) is 0 Å². The lowest BCUT2D eigenvalue weighted by molar-refractivity contribution is 0.660. The molecule has 0 radical (unpaired) electrons. The SMILES string of the molecule is CC1(C)c2cc(N(c3ccc(-c4ccccc4)cc3)c3ccc(-c4cccc(-c5cccc(-c6ccc(N(c7ccc(-c8ccccc8)cc7)c7ccc(-c8ccc(-c9ccc%10c(c9)c9ccccc9n%10-c9ccccc9)cc8)cc7)cc6)c5)c4)cc3)ccc2-c2ccc(-n3c4ccccc4c4ccccc43)cc21. The minimum Gasteiger partial charge on any atom is -0.311 e. The lowest BCUT2D eigenvalue weighted by Crippen LogP contribution is -2.17. The number of anilines is 6. The smallest absolute Gasteiger partial charge is 0.0541 e. The molecule has 0 atom stereocenters. The molecule has 0 saturated heterocycles. The standard InChI is InChI=1S/C105H74N4/c1-105(2)99-69-91(61-63-93(99)94-64-62-92(70-100(94)105)109-101-33-15-12-30-95(101)96-31-13-16-34-102(96)109)107(89-55-42-75(43-56-89)72-22-8-4-9-23-72)90-59-48-79(49-60-90)81-25-19-27-83(67-81)82-26-18-24-80(66-82)78-46-57-88(58-47-78)106(86-51-40-74(41-52-86)71-20-6-3-7-21-71)87-53-44-76(45-54-87)73-36-38-77(39-37-73)84-50-65-104-98(68-84)97-32-14-17-35-103(97)108(104)85-28-10-5-11-29-85/h3-70H,1-2H3. The van der Waals surface area contributed by atoms with E-state index in [4.69, 9.17) is 0 Å². The van der Waals surface area contributed by atoms with Gasteiger partial charge >= 0.3 is 0 Å². The van der Waals surface area contributed by atoms with Crippen molar-refractivity contribution in [2.45, 2.75) is 19.3 Å². The predicted molar refractivity (Wildman–Crippen MR) is 460 cm³/mol. The summed E-state index contributed by atoms with van der Waals surface area (Å²) in [5.41, 5.74) is 35.1. The zero-order chi connectivity index (χ0) is 72.5. The van der Waals surface area contributed by atoms with Gasteiger partial charge < -0.3 is 18.9 Å². The van der Waals surface area contributed by atoms with Gasteiger partial charge in [0.15, 0.2) is 0 Å². The molecule has 1 aliphatic carbocycles. The van der Waals surface area contributed by atoms with Gasteiger partial charge in [0.2, 0.25) is 0 Å². The summed E-state index contributed by atoms with van der Waals surface area (Å²) in [6.07, 6.45) is 0. The first-order valence-corrected chi connectivity index (χ1v) is 37.7. The maximum Gasteiger partial charge on any atom is 0.0541 e. The molecule has 514 valence electrons. The van der Waals surface area contributed by atoms with Gasteiger partial charge in [-0.2, -0.15) is 0 Å². The summed E-state index contributed by atoms with van der Waals surface area (Å²) in [5, 5.41) is 5.04. The van der Waals surface area contributed by atoms with E-state index in [-0.39, 0.29) is 5.41 Å². The predicted octanol–water partition coefficient (Wildman–Crippen LogP) is 28.8. The van der Waals surface area contributed by atoms with Gasteiger partial charge in [-0.05, 0) is 240 Å². The quantitative estimate of drug-likeness (QED) is 0.102. The molecule has 4 nitrogen and oxygen atoms in total. The van der Waals surface area contributed by atoms with Gasteiger partial charge in [-0.25, -0.2) is 0 Å². The number of aromatic nitrogens is 2. The molecule has 0 bridgehead atoms. The highest BCUT2D eigenvalue weighted by molar-refractivity contribution is 6.11. The van der Waals surface area contributed by atoms with Crippen LogP contribution in [0.4, 0.5) is 34.1 Å². The molecule has 109 heavy (non-hydrogen) atoms. The third kappa shape index (κ3) is 11.6. The fourth-order valence-corrected chi connectivity index (χ4v) is 17.0. The van der Waals surface area contributed by atoms with E-state index in [9.17, 15) is 0 Å². The number of hydrogen-bond acceptors (Lipinski definition) is 2. The highest BCUT2D eigenvalue weighted by Gasteiger charge is 2.37. The average molecular weight is 1390 g/mol. The summed E-state index contributed by atoms with van der Waals surface area (Å²) < 4.78 is 4.81. The Kier molecular flexibility index (Phi) is 15.9. The maximum absolute atomic E-state index is 2.44. The van der Waals surface area contributed by atoms with E-state index in [1.807, 2.05) is 0 Å². The lowest BCUT2D eigenvalue weighted by Gasteiger charge is -2.28. The zero-order valence-electron chi connectivity index (χ0n) is 60.5. The Morgan fingerprint density at radius 2 is 0.459 bits per heavy atom. The minimum absolute atomic E-state index is 0.267. The molecule has 17 aromatic carbocycles. The molecule has 0 N–H and O–H groups in total. The highest BCUT2D eigenvalue weighted by atomic mass is 15.1. The van der Waals surface area contributed by atoms with Crippen molar-refractivity contribution < 1.29 is 0 Å². The highest BCUT2D eigenvalue weighted by Crippen LogP contribution is 2.52. The Morgan fingerprint density at radius 3 is 0.890 bits per heavy atom. The first kappa shape index (κ1) is 64.5. The van der Waals surface area contributed by atoms with E-state index in [0.717, 1.165) is 78.8 Å². The van der Waals surface area contributed by atoms with E-state index >= 15 is 0 Å². The monoisotopic (exact) mass is 1390 g/mol. The molecule has 0 saturated carbocycles. The van der Waals surface area contributed by atoms with Crippen LogP contribution in [0.25, 0.3) is 144 Å². The first-order valence-electron chi connectivity index (χ1n) is 37.7. The number of nitrogens with zero attached hydrogens (tertiary/aromatic N) is 4. The molecule has 19 aromatic rings. The number of rotatable bonds is 15. The van der Waals surface area contributed by atoms with Gasteiger partial charge in [-0.15, -0.1) is 0 Å². The van der Waals surface area contributed by atoms with E-state index in [2.05, 4.69) is 445 Å². The van der Waals surface area contributed by atoms with Crippen LogP contribution >= 0.6 is 0 Å². The van der Waals surface area contributed by atoms with Crippen molar-refractivity contribution in [3.8, 4) is 100 Å². The van der Waals surface area contributed by atoms with Gasteiger partial charge in [0.1, 0.15) is 0 Å². The summed E-state index contributed by atoms with van der Waals surface area (Å²) in [5.74, 6) is 0. The molecule has 0 spiro atoms. The Hall–Kier alpha value is -14.1. The third-order valence-corrected chi connectivity index (χ3v) is 22.5. The van der Waals surface area contributed by atoms with Gasteiger partial charge in [-0.3, -0.25) is 0 Å². The van der Waals surface area contributed by atoms with Gasteiger partial charge in [0, 0.05) is 72.5 Å². The molecule has 2 aromatic heterocycles. The number of benzene rings is 17. The van der Waals surface area contributed by atoms with E-state index in [0.29, 0.717) is 0 Å². The topological polar surface area (TPSA) is 16.3 Å². The van der Waals surface area contributed by atoms with Crippen LogP contribution in [0.15, 0.2) is 413 Å². The maximum atomic E-state index is 2.44. The molecule has 4 heteroatoms. The molecule has 0 aliphatic heterocycles. The summed E-state index contributed by atoms with van der Waals surface area (Å²) in [4.78, 5) is 4.78. The Morgan fingerprint density at radius 1 is 0.183 bits per heavy atom. The molecule has 0 fully saturated rings. The van der Waals surface area contributed by atoms with Crippen molar-refractivity contribution in [2.75, 3.05) is 9.80 Å². The van der Waals surface area contributed by atoms with Crippen LogP contribution < -0.4 is 9.80 Å². The lowest BCUT2D eigenvalue weighted by atomic mass is 9.82. The van der Waals surface area contributed by atoms with Crippen molar-refractivity contribution in [3.63, 3.8) is 0 Å². The largest absolute Gasteiger partial charge is 0.311 e. The number of para-hydroxylation sites is 4. The fraction of sp³-hybridized carbons (Fsp3) is 0.0286. The van der Waals surface area contributed by atoms with Crippen molar-refractivity contribution in [3.05, 3.63) is 424 Å². The van der Waals surface area contributed by atoms with Crippen LogP contribution in [0.5, 0.6) is 0 Å². The molecular weight excluding hydrogens is 1320 g/mol. The van der Waals surface area contributed by atoms with Crippen LogP contribution in [-0.4, -0.2) is 9.13 Å². The Labute approximate surface area is 635 Å². The van der Waals surface area contributed by atoms with Gasteiger partial charge in [-0.1, -0.05) is 287 Å². The zero-order valence-corrected chi connectivity index (χ0v) is 60.5. The second-order valence-electron chi connectivity index (χ2n) is 29.3. The van der Waals surface area contributed by atoms with Gasteiger partial charge in [0.25, 0.3) is 0 Å². The Bertz CT molecular complexity index is 6560. The number of fused-ring (bicyclic) bond motifs is 9. The molecule has 0 unspecified atom stereocenters. The summed E-state index contributed by atoms with van der Waals surface area (Å²) in [6.45, 7) is 4.78. The van der Waals surface area contributed by atoms with Crippen LogP contribution in [0.1, 0.15) is 25.0 Å². The van der Waals surface area contributed by atoms with Gasteiger partial charge in [0.05, 0.1) is 22.1 Å². The molecular formula is C105H74N4. The summed E-state index contributed by atoms with van der Waals surface area (Å²) in [6, 6.07) is 151.